The smallest absolute Gasteiger partial charge is 0.0697 e. The summed E-state index contributed by atoms with van der Waals surface area (Å²) in [5.41, 5.74) is 0.254. The van der Waals surface area contributed by atoms with Gasteiger partial charge in [-0.05, 0) is 64.3 Å². The lowest BCUT2D eigenvalue weighted by Crippen LogP contribution is -2.54. The van der Waals surface area contributed by atoms with E-state index in [-0.39, 0.29) is 11.7 Å². The van der Waals surface area contributed by atoms with Crippen molar-refractivity contribution in [3.63, 3.8) is 0 Å². The molecule has 0 aromatic rings. The molecule has 1 N–H and O–H groups in total. The first-order valence-corrected chi connectivity index (χ1v) is 8.85. The molecular weight excluding hydrogens is 250 g/mol. The van der Waals surface area contributed by atoms with Crippen molar-refractivity contribution in [2.45, 2.75) is 88.0 Å². The van der Waals surface area contributed by atoms with E-state index in [4.69, 9.17) is 4.74 Å². The van der Waals surface area contributed by atoms with E-state index < -0.39 is 0 Å². The molecule has 4 fully saturated rings. The van der Waals surface area contributed by atoms with E-state index in [1.807, 2.05) is 0 Å². The van der Waals surface area contributed by atoms with Gasteiger partial charge in [-0.1, -0.05) is 6.42 Å². The summed E-state index contributed by atoms with van der Waals surface area (Å²) in [6.45, 7) is 2.22. The zero-order valence-electron chi connectivity index (χ0n) is 12.6. The van der Waals surface area contributed by atoms with Gasteiger partial charge in [0, 0.05) is 24.6 Å². The molecule has 3 nitrogen and oxygen atoms in total. The van der Waals surface area contributed by atoms with Crippen LogP contribution in [-0.2, 0) is 4.74 Å². The zero-order valence-corrected chi connectivity index (χ0v) is 12.6. The third-order valence-electron chi connectivity index (χ3n) is 6.57. The predicted molar refractivity (Wildman–Crippen MR) is 78.6 cm³/mol. The van der Waals surface area contributed by atoms with Crippen molar-refractivity contribution < 1.29 is 9.84 Å². The van der Waals surface area contributed by atoms with Crippen molar-refractivity contribution in [1.29, 1.82) is 0 Å². The van der Waals surface area contributed by atoms with Crippen LogP contribution in [0.4, 0.5) is 0 Å². The number of hydrogen-bond donors (Lipinski definition) is 1. The van der Waals surface area contributed by atoms with Gasteiger partial charge in [0.1, 0.15) is 0 Å². The van der Waals surface area contributed by atoms with Crippen molar-refractivity contribution in [3.05, 3.63) is 0 Å². The van der Waals surface area contributed by atoms with E-state index in [0.29, 0.717) is 12.0 Å². The summed E-state index contributed by atoms with van der Waals surface area (Å²) in [6.07, 6.45) is 12.5. The molecule has 3 heteroatoms. The van der Waals surface area contributed by atoms with Gasteiger partial charge in [-0.15, -0.1) is 0 Å². The Labute approximate surface area is 122 Å². The number of ether oxygens (including phenoxy) is 1. The summed E-state index contributed by atoms with van der Waals surface area (Å²) < 4.78 is 6.10. The summed E-state index contributed by atoms with van der Waals surface area (Å²) in [4.78, 5) is 2.78. The third-order valence-corrected chi connectivity index (χ3v) is 6.57. The minimum absolute atomic E-state index is 0.0295. The third kappa shape index (κ3) is 2.22. The van der Waals surface area contributed by atoms with Gasteiger partial charge in [-0.2, -0.15) is 0 Å². The van der Waals surface area contributed by atoms with Gasteiger partial charge >= 0.3 is 0 Å². The molecule has 4 atom stereocenters. The maximum atomic E-state index is 10.3. The molecule has 4 unspecified atom stereocenters. The molecule has 0 amide bonds. The fraction of sp³-hybridized carbons (Fsp3) is 1.00. The van der Waals surface area contributed by atoms with Crippen molar-refractivity contribution >= 4 is 0 Å². The lowest BCUT2D eigenvalue weighted by atomic mass is 9.73. The first kappa shape index (κ1) is 13.5. The summed E-state index contributed by atoms with van der Waals surface area (Å²) in [5, 5.41) is 10.3. The zero-order chi connectivity index (χ0) is 13.6. The van der Waals surface area contributed by atoms with Gasteiger partial charge in [-0.25, -0.2) is 0 Å². The van der Waals surface area contributed by atoms with Crippen LogP contribution in [0.2, 0.25) is 0 Å². The van der Waals surface area contributed by atoms with Crippen molar-refractivity contribution in [2.75, 3.05) is 13.2 Å². The minimum Gasteiger partial charge on any atom is -0.393 e. The molecular formula is C17H29NO2. The first-order chi connectivity index (χ1) is 9.77. The predicted octanol–water partition coefficient (Wildman–Crippen LogP) is 2.71. The lowest BCUT2D eigenvalue weighted by Gasteiger charge is -2.50. The number of rotatable bonds is 2. The number of aliphatic hydroxyl groups is 1. The summed E-state index contributed by atoms with van der Waals surface area (Å²) >= 11 is 0. The van der Waals surface area contributed by atoms with E-state index in [1.165, 1.54) is 64.3 Å². The highest BCUT2D eigenvalue weighted by Gasteiger charge is 2.47. The molecule has 114 valence electrons. The Morgan fingerprint density at radius 3 is 2.60 bits per heavy atom. The van der Waals surface area contributed by atoms with Crippen LogP contribution in [-0.4, -0.2) is 46.9 Å². The van der Waals surface area contributed by atoms with Crippen LogP contribution in [0.3, 0.4) is 0 Å². The van der Waals surface area contributed by atoms with Crippen LogP contribution < -0.4 is 0 Å². The van der Waals surface area contributed by atoms with Gasteiger partial charge in [0.15, 0.2) is 0 Å². The lowest BCUT2D eigenvalue weighted by molar-refractivity contribution is -0.151. The number of aliphatic hydroxyl groups excluding tert-OH is 1. The van der Waals surface area contributed by atoms with Crippen molar-refractivity contribution in [2.24, 2.45) is 5.92 Å². The Balaban J connectivity index is 1.46. The summed E-state index contributed by atoms with van der Waals surface area (Å²) in [7, 11) is 0. The fourth-order valence-electron chi connectivity index (χ4n) is 5.35. The number of nitrogens with zero attached hydrogens (tertiary/aromatic N) is 1. The Bertz CT molecular complexity index is 355. The Kier molecular flexibility index (Phi) is 3.56. The second-order valence-corrected chi connectivity index (χ2v) is 7.64. The topological polar surface area (TPSA) is 32.7 Å². The molecule has 4 aliphatic rings. The van der Waals surface area contributed by atoms with Crippen LogP contribution in [0.1, 0.15) is 64.2 Å². The maximum Gasteiger partial charge on any atom is 0.0697 e. The van der Waals surface area contributed by atoms with E-state index in [0.717, 1.165) is 19.1 Å². The molecule has 2 saturated heterocycles. The van der Waals surface area contributed by atoms with Gasteiger partial charge in [-0.3, -0.25) is 4.90 Å². The van der Waals surface area contributed by atoms with Crippen LogP contribution in [0, 0.1) is 5.92 Å². The monoisotopic (exact) mass is 279 g/mol. The molecule has 2 heterocycles. The quantitative estimate of drug-likeness (QED) is 0.843. The molecule has 2 aliphatic carbocycles. The Morgan fingerprint density at radius 2 is 1.90 bits per heavy atom. The van der Waals surface area contributed by atoms with Gasteiger partial charge in [0.05, 0.1) is 11.7 Å². The van der Waals surface area contributed by atoms with E-state index in [1.54, 1.807) is 0 Å². The minimum atomic E-state index is -0.0295. The number of likely N-dealkylation sites (tertiary alicyclic amines) is 1. The highest BCUT2D eigenvalue weighted by atomic mass is 16.5. The molecule has 1 spiro atoms. The van der Waals surface area contributed by atoms with Gasteiger partial charge in [0.2, 0.25) is 0 Å². The van der Waals surface area contributed by atoms with Crippen LogP contribution in [0.15, 0.2) is 0 Å². The van der Waals surface area contributed by atoms with E-state index >= 15 is 0 Å². The average Bonchev–Trinajstić information content (AvgIpc) is 3.05. The normalized spacial score (nSPS) is 44.9. The van der Waals surface area contributed by atoms with Crippen LogP contribution in [0.5, 0.6) is 0 Å². The first-order valence-electron chi connectivity index (χ1n) is 8.85. The Morgan fingerprint density at radius 1 is 1.00 bits per heavy atom. The highest BCUT2D eigenvalue weighted by Crippen LogP contribution is 2.45. The molecule has 0 aromatic carbocycles. The van der Waals surface area contributed by atoms with Crippen LogP contribution >= 0.6 is 0 Å². The van der Waals surface area contributed by atoms with Gasteiger partial charge in [0.25, 0.3) is 0 Å². The summed E-state index contributed by atoms with van der Waals surface area (Å²) in [6, 6.07) is 1.39. The second kappa shape index (κ2) is 5.26. The average molecular weight is 279 g/mol. The molecule has 0 bridgehead atoms. The molecule has 0 aromatic heterocycles. The maximum absolute atomic E-state index is 10.3. The molecule has 2 saturated carbocycles. The van der Waals surface area contributed by atoms with E-state index in [9.17, 15) is 5.11 Å². The van der Waals surface area contributed by atoms with Crippen molar-refractivity contribution in [3.8, 4) is 0 Å². The number of hydrogen-bond acceptors (Lipinski definition) is 3. The molecule has 0 radical (unpaired) electrons. The second-order valence-electron chi connectivity index (χ2n) is 7.64. The van der Waals surface area contributed by atoms with E-state index in [2.05, 4.69) is 4.90 Å². The molecule has 4 rings (SSSR count). The van der Waals surface area contributed by atoms with Crippen molar-refractivity contribution in [1.82, 2.24) is 4.90 Å². The molecule has 20 heavy (non-hydrogen) atoms. The molecule has 2 aliphatic heterocycles. The fourth-order valence-corrected chi connectivity index (χ4v) is 5.35. The highest BCUT2D eigenvalue weighted by molar-refractivity contribution is 5.00. The van der Waals surface area contributed by atoms with Crippen LogP contribution in [0.25, 0.3) is 0 Å². The largest absolute Gasteiger partial charge is 0.393 e. The van der Waals surface area contributed by atoms with Gasteiger partial charge < -0.3 is 9.84 Å². The standard InChI is InChI=1S/C17H29NO2/c19-16-6-1-4-14(16)15-5-2-10-18(15)13-7-11-20-17(12-13)8-3-9-17/h13-16,19H,1-12H2. The Hall–Kier alpha value is -0.120. The summed E-state index contributed by atoms with van der Waals surface area (Å²) in [5.74, 6) is 0.553. The SMILES string of the molecule is OC1CCCC1C1CCCN1C1CCOC2(CCC2)C1.